The summed E-state index contributed by atoms with van der Waals surface area (Å²) in [4.78, 5) is 17.1. The van der Waals surface area contributed by atoms with Crippen molar-refractivity contribution in [2.75, 3.05) is 0 Å². The first-order valence-electron chi connectivity index (χ1n) is 7.11. The van der Waals surface area contributed by atoms with Crippen molar-refractivity contribution in [3.8, 4) is 0 Å². The molecule has 0 aliphatic heterocycles. The molecule has 0 amide bonds. The van der Waals surface area contributed by atoms with Crippen LogP contribution in [0.4, 0.5) is 4.79 Å². The average Bonchev–Trinajstić information content (AvgIpc) is 2.57. The number of hydrogen-bond acceptors (Lipinski definition) is 4. The number of thiol groups is 1. The molecule has 0 saturated heterocycles. The van der Waals surface area contributed by atoms with Crippen LogP contribution < -0.4 is 0 Å². The van der Waals surface area contributed by atoms with Crippen molar-refractivity contribution in [1.29, 1.82) is 0 Å². The third-order valence-corrected chi connectivity index (χ3v) is 3.44. The van der Waals surface area contributed by atoms with Gasteiger partial charge in [0.1, 0.15) is 0 Å². The molecule has 6 heteroatoms. The molecule has 122 valence electrons. The smallest absolute Gasteiger partial charge is 0.450 e. The van der Waals surface area contributed by atoms with Gasteiger partial charge in [0.2, 0.25) is 0 Å². The summed E-state index contributed by atoms with van der Waals surface area (Å²) in [6.07, 6.45) is -0.0798. The Morgan fingerprint density at radius 1 is 0.875 bits per heavy atom. The Kier molecular flexibility index (Phi) is 6.33. The molecule has 2 aromatic carbocycles. The second-order valence-electron chi connectivity index (χ2n) is 4.82. The first-order chi connectivity index (χ1) is 11.6. The molecule has 5 nitrogen and oxygen atoms in total. The molecule has 0 aliphatic rings. The van der Waals surface area contributed by atoms with Crippen LogP contribution in [0.1, 0.15) is 22.7 Å². The van der Waals surface area contributed by atoms with Crippen LogP contribution in [0, 0.1) is 0 Å². The van der Waals surface area contributed by atoms with Gasteiger partial charge in [0.25, 0.3) is 0 Å². The van der Waals surface area contributed by atoms with E-state index in [1.165, 1.54) is 11.1 Å². The van der Waals surface area contributed by atoms with E-state index in [1.54, 1.807) is 6.20 Å². The molecule has 24 heavy (non-hydrogen) atoms. The summed E-state index contributed by atoms with van der Waals surface area (Å²) in [5.41, 5.74) is 3.39. The third kappa shape index (κ3) is 5.10. The molecule has 0 fully saturated rings. The number of benzene rings is 2. The van der Waals surface area contributed by atoms with Crippen molar-refractivity contribution < 1.29 is 15.0 Å². The summed E-state index contributed by atoms with van der Waals surface area (Å²) < 4.78 is 0. The summed E-state index contributed by atoms with van der Waals surface area (Å²) in [5.74, 6) is 0.103. The van der Waals surface area contributed by atoms with Gasteiger partial charge >= 0.3 is 6.16 Å². The zero-order valence-electron chi connectivity index (χ0n) is 12.6. The number of hydrogen-bond donors (Lipinski definition) is 3. The van der Waals surface area contributed by atoms with Gasteiger partial charge < -0.3 is 10.2 Å². The Morgan fingerprint density at radius 2 is 1.33 bits per heavy atom. The maximum absolute atomic E-state index is 8.56. The average molecular weight is 340 g/mol. The van der Waals surface area contributed by atoms with Crippen molar-refractivity contribution in [2.45, 2.75) is 11.1 Å². The predicted octanol–water partition coefficient (Wildman–Crippen LogP) is 4.17. The lowest BCUT2D eigenvalue weighted by Crippen LogP contribution is -2.06. The van der Waals surface area contributed by atoms with Gasteiger partial charge in [0.15, 0.2) is 5.16 Å². The highest BCUT2D eigenvalue weighted by molar-refractivity contribution is 7.80. The second kappa shape index (κ2) is 8.69. The second-order valence-corrected chi connectivity index (χ2v) is 5.22. The molecular formula is C18H16N2O3S. The largest absolute Gasteiger partial charge is 0.503 e. The van der Waals surface area contributed by atoms with Crippen molar-refractivity contribution in [1.82, 2.24) is 9.97 Å². The predicted molar refractivity (Wildman–Crippen MR) is 93.8 cm³/mol. The van der Waals surface area contributed by atoms with E-state index in [1.807, 2.05) is 42.5 Å². The highest BCUT2D eigenvalue weighted by Gasteiger charge is 2.17. The fraction of sp³-hybridized carbons (Fsp3) is 0.0556. The molecule has 1 aromatic heterocycles. The van der Waals surface area contributed by atoms with Gasteiger partial charge in [-0.2, -0.15) is 0 Å². The molecule has 0 aliphatic carbocycles. The Morgan fingerprint density at radius 3 is 1.75 bits per heavy atom. The molecule has 3 aromatic rings. The number of carbonyl (C=O) groups is 1. The minimum Gasteiger partial charge on any atom is -0.450 e. The van der Waals surface area contributed by atoms with Gasteiger partial charge in [-0.15, -0.1) is 12.6 Å². The van der Waals surface area contributed by atoms with E-state index in [0.29, 0.717) is 5.16 Å². The van der Waals surface area contributed by atoms with Crippen LogP contribution in [0.2, 0.25) is 0 Å². The standard InChI is InChI=1S/C17H14N2S.CH2O3/c20-17-18-12-11-15(19-17)16(13-7-3-1-4-8-13)14-9-5-2-6-10-14;2-1(3)4/h1-12,16H,(H,18,19,20);(H2,2,3,4). The lowest BCUT2D eigenvalue weighted by atomic mass is 9.88. The minimum atomic E-state index is -1.83. The maximum Gasteiger partial charge on any atom is 0.503 e. The molecule has 0 spiro atoms. The number of aromatic nitrogens is 2. The molecule has 3 rings (SSSR count). The molecule has 0 saturated carbocycles. The lowest BCUT2D eigenvalue weighted by Gasteiger charge is -2.17. The van der Waals surface area contributed by atoms with Crippen molar-refractivity contribution >= 4 is 18.8 Å². The van der Waals surface area contributed by atoms with Gasteiger partial charge in [-0.25, -0.2) is 14.8 Å². The van der Waals surface area contributed by atoms with Crippen LogP contribution in [0.25, 0.3) is 0 Å². The van der Waals surface area contributed by atoms with E-state index in [2.05, 4.69) is 46.9 Å². The van der Waals surface area contributed by atoms with Crippen molar-refractivity contribution in [3.05, 3.63) is 89.7 Å². The first-order valence-corrected chi connectivity index (χ1v) is 7.56. The fourth-order valence-corrected chi connectivity index (χ4v) is 2.53. The summed E-state index contributed by atoms with van der Waals surface area (Å²) >= 11 is 4.25. The zero-order valence-corrected chi connectivity index (χ0v) is 13.5. The zero-order chi connectivity index (χ0) is 17.4. The Labute approximate surface area is 145 Å². The molecule has 2 N–H and O–H groups in total. The van der Waals surface area contributed by atoms with Crippen molar-refractivity contribution in [3.63, 3.8) is 0 Å². The highest BCUT2D eigenvalue weighted by atomic mass is 32.1. The van der Waals surface area contributed by atoms with Crippen LogP contribution in [0.15, 0.2) is 78.1 Å². The van der Waals surface area contributed by atoms with E-state index in [0.717, 1.165) is 5.69 Å². The topological polar surface area (TPSA) is 83.3 Å². The van der Waals surface area contributed by atoms with Crippen LogP contribution in [-0.4, -0.2) is 26.3 Å². The van der Waals surface area contributed by atoms with Crippen LogP contribution in [-0.2, 0) is 0 Å². The number of rotatable bonds is 3. The third-order valence-electron chi connectivity index (χ3n) is 3.23. The van der Waals surface area contributed by atoms with E-state index in [9.17, 15) is 0 Å². The van der Waals surface area contributed by atoms with Gasteiger partial charge in [-0.05, 0) is 17.2 Å². The maximum atomic E-state index is 8.56. The minimum absolute atomic E-state index is 0.103. The quantitative estimate of drug-likeness (QED) is 0.492. The van der Waals surface area contributed by atoms with Crippen LogP contribution in [0.5, 0.6) is 0 Å². The first kappa shape index (κ1) is 17.5. The van der Waals surface area contributed by atoms with Gasteiger partial charge in [-0.1, -0.05) is 60.7 Å². The normalized spacial score (nSPS) is 9.92. The summed E-state index contributed by atoms with van der Waals surface area (Å²) in [6, 6.07) is 22.7. The van der Waals surface area contributed by atoms with Crippen molar-refractivity contribution in [2.24, 2.45) is 0 Å². The van der Waals surface area contributed by atoms with E-state index in [-0.39, 0.29) is 5.92 Å². The molecule has 0 atom stereocenters. The van der Waals surface area contributed by atoms with E-state index in [4.69, 9.17) is 15.0 Å². The van der Waals surface area contributed by atoms with Gasteiger partial charge in [-0.3, -0.25) is 0 Å². The van der Waals surface area contributed by atoms with E-state index < -0.39 is 6.16 Å². The van der Waals surface area contributed by atoms with Crippen LogP contribution in [0.3, 0.4) is 0 Å². The molecule has 0 radical (unpaired) electrons. The molecule has 1 heterocycles. The van der Waals surface area contributed by atoms with Gasteiger partial charge in [0, 0.05) is 6.20 Å². The molecule has 0 unspecified atom stereocenters. The Bertz CT molecular complexity index is 739. The SMILES string of the molecule is O=C(O)O.Sc1nccc(C(c2ccccc2)c2ccccc2)n1. The summed E-state index contributed by atoms with van der Waals surface area (Å²) in [7, 11) is 0. The molecular weight excluding hydrogens is 324 g/mol. The molecule has 0 bridgehead atoms. The van der Waals surface area contributed by atoms with E-state index >= 15 is 0 Å². The summed E-state index contributed by atoms with van der Waals surface area (Å²) in [5, 5.41) is 14.4. The fourth-order valence-electron chi connectivity index (χ4n) is 2.35. The Balaban J connectivity index is 0.000000471. The highest BCUT2D eigenvalue weighted by Crippen LogP contribution is 2.30. The monoisotopic (exact) mass is 340 g/mol. The lowest BCUT2D eigenvalue weighted by molar-refractivity contribution is 0.137. The van der Waals surface area contributed by atoms with Crippen LogP contribution >= 0.6 is 12.6 Å². The summed E-state index contributed by atoms with van der Waals surface area (Å²) in [6.45, 7) is 0. The Hall–Kier alpha value is -2.86. The number of carboxylic acid groups (broad SMARTS) is 2. The van der Waals surface area contributed by atoms with Gasteiger partial charge in [0.05, 0.1) is 11.6 Å². The number of nitrogens with zero attached hydrogens (tertiary/aromatic N) is 2.